The minimum atomic E-state index is 0.477. The first kappa shape index (κ1) is 14.9. The van der Waals surface area contributed by atoms with Crippen molar-refractivity contribution in [1.29, 1.82) is 0 Å². The molecule has 0 unspecified atom stereocenters. The van der Waals surface area contributed by atoms with Gasteiger partial charge in [-0.2, -0.15) is 0 Å². The zero-order valence-corrected chi connectivity index (χ0v) is 11.0. The number of hydrogen-bond donors (Lipinski definition) is 0. The molecular formula is C17H18O2. The van der Waals surface area contributed by atoms with E-state index < -0.39 is 0 Å². The van der Waals surface area contributed by atoms with E-state index in [0.29, 0.717) is 12.8 Å². The lowest BCUT2D eigenvalue weighted by molar-refractivity contribution is -0.108. The third-order valence-electron chi connectivity index (χ3n) is 2.62. The topological polar surface area (TPSA) is 34.1 Å². The molecule has 0 radical (unpaired) electrons. The summed E-state index contributed by atoms with van der Waals surface area (Å²) in [7, 11) is 0. The molecule has 0 bridgehead atoms. The Hall–Kier alpha value is -2.14. The van der Waals surface area contributed by atoms with Gasteiger partial charge in [-0.3, -0.25) is 4.79 Å². The summed E-state index contributed by atoms with van der Waals surface area (Å²) in [5, 5.41) is 0. The number of hydrogen-bond acceptors (Lipinski definition) is 2. The number of aldehydes is 2. The molecule has 0 N–H and O–H groups in total. The second-order valence-corrected chi connectivity index (χ2v) is 4.16. The maximum absolute atomic E-state index is 10.8. The highest BCUT2D eigenvalue weighted by molar-refractivity contribution is 5.73. The molecule has 0 fully saturated rings. The standard InChI is InChI=1S/C17H18O2/c18-14-8-7-13-17(15-19)12-6-2-5-11-16-9-3-1-4-10-16/h1,3-4,9-10,13-15H,2,6-8,12H2/b17-13-. The maximum Gasteiger partial charge on any atom is 0.145 e. The van der Waals surface area contributed by atoms with E-state index in [0.717, 1.165) is 43.0 Å². The normalized spacial score (nSPS) is 10.4. The molecule has 2 heteroatoms. The van der Waals surface area contributed by atoms with Crippen molar-refractivity contribution in [2.45, 2.75) is 32.1 Å². The summed E-state index contributed by atoms with van der Waals surface area (Å²) in [6.07, 6.45) is 7.06. The molecule has 0 atom stereocenters. The van der Waals surface area contributed by atoms with Crippen molar-refractivity contribution in [3.8, 4) is 11.8 Å². The third-order valence-corrected chi connectivity index (χ3v) is 2.62. The second kappa shape index (κ2) is 9.85. The molecule has 0 aliphatic heterocycles. The minimum absolute atomic E-state index is 0.477. The van der Waals surface area contributed by atoms with Gasteiger partial charge >= 0.3 is 0 Å². The monoisotopic (exact) mass is 254 g/mol. The number of carbonyl (C=O) groups is 2. The van der Waals surface area contributed by atoms with Crippen LogP contribution in [-0.4, -0.2) is 12.6 Å². The Bertz CT molecular complexity index is 475. The molecule has 0 saturated carbocycles. The molecule has 19 heavy (non-hydrogen) atoms. The highest BCUT2D eigenvalue weighted by atomic mass is 16.1. The van der Waals surface area contributed by atoms with Crippen LogP contribution < -0.4 is 0 Å². The average molecular weight is 254 g/mol. The van der Waals surface area contributed by atoms with Gasteiger partial charge in [-0.1, -0.05) is 36.1 Å². The smallest absolute Gasteiger partial charge is 0.145 e. The van der Waals surface area contributed by atoms with E-state index in [9.17, 15) is 9.59 Å². The van der Waals surface area contributed by atoms with Crippen LogP contribution in [0.3, 0.4) is 0 Å². The Labute approximate surface area is 114 Å². The number of carbonyl (C=O) groups excluding carboxylic acids is 2. The van der Waals surface area contributed by atoms with Gasteiger partial charge in [0.1, 0.15) is 12.6 Å². The van der Waals surface area contributed by atoms with Crippen molar-refractivity contribution in [3.05, 3.63) is 47.5 Å². The Morgan fingerprint density at radius 2 is 1.89 bits per heavy atom. The zero-order chi connectivity index (χ0) is 13.8. The molecule has 0 heterocycles. The molecule has 0 amide bonds. The lowest BCUT2D eigenvalue weighted by Crippen LogP contribution is -1.86. The van der Waals surface area contributed by atoms with E-state index in [-0.39, 0.29) is 0 Å². The largest absolute Gasteiger partial charge is 0.303 e. The van der Waals surface area contributed by atoms with Crippen LogP contribution in [0.1, 0.15) is 37.7 Å². The van der Waals surface area contributed by atoms with Crippen molar-refractivity contribution in [2.24, 2.45) is 0 Å². The predicted molar refractivity (Wildman–Crippen MR) is 76.6 cm³/mol. The van der Waals surface area contributed by atoms with Crippen LogP contribution in [0.2, 0.25) is 0 Å². The Morgan fingerprint density at radius 1 is 1.11 bits per heavy atom. The molecule has 0 saturated heterocycles. The molecule has 0 aromatic heterocycles. The number of allylic oxidation sites excluding steroid dienone is 2. The predicted octanol–water partition coefficient (Wildman–Crippen LogP) is 3.31. The molecule has 1 aromatic rings. The lowest BCUT2D eigenvalue weighted by atomic mass is 10.1. The third kappa shape index (κ3) is 7.00. The van der Waals surface area contributed by atoms with Gasteiger partial charge in [0.15, 0.2) is 0 Å². The van der Waals surface area contributed by atoms with Gasteiger partial charge < -0.3 is 4.79 Å². The molecule has 98 valence electrons. The van der Waals surface area contributed by atoms with E-state index in [1.165, 1.54) is 0 Å². The van der Waals surface area contributed by atoms with Crippen molar-refractivity contribution in [1.82, 2.24) is 0 Å². The molecule has 1 aromatic carbocycles. The van der Waals surface area contributed by atoms with Crippen LogP contribution in [0.25, 0.3) is 0 Å². The molecule has 1 rings (SSSR count). The van der Waals surface area contributed by atoms with Crippen molar-refractivity contribution in [3.63, 3.8) is 0 Å². The van der Waals surface area contributed by atoms with Crippen molar-refractivity contribution < 1.29 is 9.59 Å². The fourth-order valence-corrected chi connectivity index (χ4v) is 1.61. The molecule has 0 aliphatic rings. The molecular weight excluding hydrogens is 236 g/mol. The summed E-state index contributed by atoms with van der Waals surface area (Å²) < 4.78 is 0. The fraction of sp³-hybridized carbons (Fsp3) is 0.294. The summed E-state index contributed by atoms with van der Waals surface area (Å²) >= 11 is 0. The molecule has 0 aliphatic carbocycles. The van der Waals surface area contributed by atoms with Gasteiger partial charge in [-0.15, -0.1) is 0 Å². The summed E-state index contributed by atoms with van der Waals surface area (Å²) in [4.78, 5) is 21.0. The fourth-order valence-electron chi connectivity index (χ4n) is 1.61. The molecule has 0 spiro atoms. The van der Waals surface area contributed by atoms with E-state index in [1.807, 2.05) is 36.4 Å². The summed E-state index contributed by atoms with van der Waals surface area (Å²) in [5.41, 5.74) is 1.78. The van der Waals surface area contributed by atoms with Gasteiger partial charge in [-0.05, 0) is 37.0 Å². The van der Waals surface area contributed by atoms with Crippen LogP contribution in [0.5, 0.6) is 0 Å². The van der Waals surface area contributed by atoms with Gasteiger partial charge in [0, 0.05) is 18.4 Å². The van der Waals surface area contributed by atoms with Crippen LogP contribution in [0.4, 0.5) is 0 Å². The summed E-state index contributed by atoms with van der Waals surface area (Å²) in [6, 6.07) is 9.84. The minimum Gasteiger partial charge on any atom is -0.303 e. The van der Waals surface area contributed by atoms with Crippen molar-refractivity contribution >= 4 is 12.6 Å². The quantitative estimate of drug-likeness (QED) is 0.324. The highest BCUT2D eigenvalue weighted by Gasteiger charge is 1.94. The number of benzene rings is 1. The van der Waals surface area contributed by atoms with E-state index >= 15 is 0 Å². The van der Waals surface area contributed by atoms with Gasteiger partial charge in [-0.25, -0.2) is 0 Å². The summed E-state index contributed by atoms with van der Waals surface area (Å²) in [6.45, 7) is 0. The highest BCUT2D eigenvalue weighted by Crippen LogP contribution is 2.06. The Kier molecular flexibility index (Phi) is 7.73. The SMILES string of the molecule is O=CCC/C=C(\C=O)CCCC#Cc1ccccc1. The lowest BCUT2D eigenvalue weighted by Gasteiger charge is -1.96. The van der Waals surface area contributed by atoms with Crippen LogP contribution in [0.15, 0.2) is 42.0 Å². The number of rotatable bonds is 7. The zero-order valence-electron chi connectivity index (χ0n) is 11.0. The van der Waals surface area contributed by atoms with E-state index in [2.05, 4.69) is 11.8 Å². The first-order valence-corrected chi connectivity index (χ1v) is 6.48. The van der Waals surface area contributed by atoms with Crippen molar-refractivity contribution in [2.75, 3.05) is 0 Å². The average Bonchev–Trinajstić information content (AvgIpc) is 2.46. The van der Waals surface area contributed by atoms with Crippen LogP contribution in [0, 0.1) is 11.8 Å². The maximum atomic E-state index is 10.8. The Morgan fingerprint density at radius 3 is 2.58 bits per heavy atom. The first-order chi connectivity index (χ1) is 9.36. The summed E-state index contributed by atoms with van der Waals surface area (Å²) in [5.74, 6) is 6.18. The van der Waals surface area contributed by atoms with Crippen LogP contribution in [-0.2, 0) is 9.59 Å². The van der Waals surface area contributed by atoms with E-state index in [4.69, 9.17) is 0 Å². The molecule has 2 nitrogen and oxygen atoms in total. The van der Waals surface area contributed by atoms with Gasteiger partial charge in [0.2, 0.25) is 0 Å². The first-order valence-electron chi connectivity index (χ1n) is 6.48. The van der Waals surface area contributed by atoms with Gasteiger partial charge in [0.05, 0.1) is 0 Å². The number of unbranched alkanes of at least 4 members (excludes halogenated alkanes) is 2. The van der Waals surface area contributed by atoms with Crippen LogP contribution >= 0.6 is 0 Å². The second-order valence-electron chi connectivity index (χ2n) is 4.16. The van der Waals surface area contributed by atoms with E-state index in [1.54, 1.807) is 0 Å². The van der Waals surface area contributed by atoms with Gasteiger partial charge in [0.25, 0.3) is 0 Å². The Balaban J connectivity index is 2.30.